The summed E-state index contributed by atoms with van der Waals surface area (Å²) in [4.78, 5) is 18.1. The van der Waals surface area contributed by atoms with Gasteiger partial charge in [-0.2, -0.15) is 0 Å². The molecule has 1 aromatic carbocycles. The fourth-order valence-corrected chi connectivity index (χ4v) is 3.17. The number of amides is 1. The van der Waals surface area contributed by atoms with E-state index < -0.39 is 10.9 Å². The Morgan fingerprint density at radius 2 is 1.88 bits per heavy atom. The van der Waals surface area contributed by atoms with Crippen LogP contribution in [0.2, 0.25) is 0 Å². The number of carbonyl (C=O) groups excluding carboxylic acids is 1. The third-order valence-corrected chi connectivity index (χ3v) is 4.61. The van der Waals surface area contributed by atoms with Gasteiger partial charge in [-0.1, -0.05) is 12.1 Å². The number of nitrogens with zero attached hydrogens (tertiary/aromatic N) is 3. The summed E-state index contributed by atoms with van der Waals surface area (Å²) in [5.41, 5.74) is 3.71. The standard InChI is InChI=1S/C18H20N4O3S/c1-21(2)18(23)22-12-15(7-10-20-26(24)25)16-4-3-14(11-17(16)22)13-5-8-19-9-6-13/h3-6,8-9,11-12,26H,7,10H2,1-2H3,(H,20,24,25). The number of thiol groups is 1. The van der Waals surface area contributed by atoms with E-state index in [0.717, 1.165) is 27.6 Å². The van der Waals surface area contributed by atoms with Crippen molar-refractivity contribution in [3.05, 3.63) is 54.5 Å². The summed E-state index contributed by atoms with van der Waals surface area (Å²) in [5.74, 6) is 0. The van der Waals surface area contributed by atoms with Gasteiger partial charge < -0.3 is 4.90 Å². The molecule has 2 aromatic heterocycles. The lowest BCUT2D eigenvalue weighted by Gasteiger charge is -2.12. The van der Waals surface area contributed by atoms with Crippen molar-refractivity contribution in [3.63, 3.8) is 0 Å². The van der Waals surface area contributed by atoms with E-state index in [2.05, 4.69) is 9.71 Å². The molecule has 8 heteroatoms. The van der Waals surface area contributed by atoms with E-state index in [9.17, 15) is 13.2 Å². The number of carbonyl (C=O) groups is 1. The lowest BCUT2D eigenvalue weighted by atomic mass is 10.0. The molecule has 0 bridgehead atoms. The number of hydrogen-bond acceptors (Lipinski definition) is 4. The summed E-state index contributed by atoms with van der Waals surface area (Å²) in [7, 11) is 0.768. The van der Waals surface area contributed by atoms with Crippen LogP contribution in [0.4, 0.5) is 4.79 Å². The first-order valence-electron chi connectivity index (χ1n) is 8.11. The van der Waals surface area contributed by atoms with E-state index in [1.54, 1.807) is 37.3 Å². The monoisotopic (exact) mass is 372 g/mol. The molecule has 0 unspecified atom stereocenters. The quantitative estimate of drug-likeness (QED) is 0.670. The lowest BCUT2D eigenvalue weighted by Crippen LogP contribution is -2.26. The minimum absolute atomic E-state index is 0.156. The smallest absolute Gasteiger partial charge is 0.328 e. The summed E-state index contributed by atoms with van der Waals surface area (Å²) >= 11 is 0. The number of benzene rings is 1. The number of pyridine rings is 1. The molecule has 136 valence electrons. The minimum Gasteiger partial charge on any atom is -0.330 e. The third kappa shape index (κ3) is 3.76. The van der Waals surface area contributed by atoms with Crippen molar-refractivity contribution < 1.29 is 13.2 Å². The van der Waals surface area contributed by atoms with E-state index in [1.165, 1.54) is 4.90 Å². The molecule has 0 aliphatic carbocycles. The van der Waals surface area contributed by atoms with Crippen LogP contribution in [-0.4, -0.2) is 49.5 Å². The van der Waals surface area contributed by atoms with Crippen LogP contribution in [-0.2, 0) is 17.3 Å². The second kappa shape index (κ2) is 7.67. The first-order valence-corrected chi connectivity index (χ1v) is 9.29. The first kappa shape index (κ1) is 18.1. The van der Waals surface area contributed by atoms with E-state index in [1.807, 2.05) is 30.3 Å². The van der Waals surface area contributed by atoms with Gasteiger partial charge in [0.05, 0.1) is 5.52 Å². The average Bonchev–Trinajstić information content (AvgIpc) is 2.99. The van der Waals surface area contributed by atoms with Crippen LogP contribution in [0, 0.1) is 0 Å². The zero-order valence-corrected chi connectivity index (χ0v) is 15.4. The molecule has 7 nitrogen and oxygen atoms in total. The van der Waals surface area contributed by atoms with Gasteiger partial charge >= 0.3 is 6.03 Å². The molecule has 3 rings (SSSR count). The summed E-state index contributed by atoms with van der Waals surface area (Å²) < 4.78 is 25.4. The molecule has 0 aliphatic rings. The molecule has 3 aromatic rings. The van der Waals surface area contributed by atoms with Gasteiger partial charge in [0.15, 0.2) is 0 Å². The Morgan fingerprint density at radius 1 is 1.15 bits per heavy atom. The fourth-order valence-electron chi connectivity index (χ4n) is 2.88. The Labute approximate surface area is 153 Å². The number of fused-ring (bicyclic) bond motifs is 1. The molecule has 0 radical (unpaired) electrons. The van der Waals surface area contributed by atoms with Gasteiger partial charge in [-0.25, -0.2) is 17.9 Å². The number of aromatic nitrogens is 2. The molecule has 2 heterocycles. The molecule has 26 heavy (non-hydrogen) atoms. The Kier molecular flexibility index (Phi) is 5.34. The highest BCUT2D eigenvalue weighted by Crippen LogP contribution is 2.28. The van der Waals surface area contributed by atoms with Gasteiger partial charge in [0, 0.05) is 44.6 Å². The largest absolute Gasteiger partial charge is 0.330 e. The van der Waals surface area contributed by atoms with Gasteiger partial charge in [-0.05, 0) is 41.3 Å². The highest BCUT2D eigenvalue weighted by atomic mass is 32.2. The number of rotatable bonds is 5. The Bertz CT molecular complexity index is 1000. The Balaban J connectivity index is 2.08. The predicted molar refractivity (Wildman–Crippen MR) is 102 cm³/mol. The predicted octanol–water partition coefficient (Wildman–Crippen LogP) is 1.89. The molecule has 1 amide bonds. The van der Waals surface area contributed by atoms with Crippen LogP contribution >= 0.6 is 0 Å². The van der Waals surface area contributed by atoms with Crippen molar-refractivity contribution in [2.75, 3.05) is 20.6 Å². The van der Waals surface area contributed by atoms with E-state index in [-0.39, 0.29) is 6.03 Å². The van der Waals surface area contributed by atoms with Crippen LogP contribution in [0.15, 0.2) is 48.9 Å². The van der Waals surface area contributed by atoms with Gasteiger partial charge in [0.2, 0.25) is 10.9 Å². The molecular formula is C18H20N4O3S. The van der Waals surface area contributed by atoms with E-state index >= 15 is 0 Å². The van der Waals surface area contributed by atoms with Crippen molar-refractivity contribution in [1.29, 1.82) is 0 Å². The normalized spacial score (nSPS) is 11.2. The summed E-state index contributed by atoms with van der Waals surface area (Å²) in [6, 6.07) is 9.60. The van der Waals surface area contributed by atoms with E-state index in [4.69, 9.17) is 0 Å². The molecule has 0 aliphatic heterocycles. The average molecular weight is 372 g/mol. The van der Waals surface area contributed by atoms with Crippen molar-refractivity contribution in [2.45, 2.75) is 6.42 Å². The van der Waals surface area contributed by atoms with Crippen molar-refractivity contribution >= 4 is 27.8 Å². The maximum Gasteiger partial charge on any atom is 0.328 e. The van der Waals surface area contributed by atoms with Gasteiger partial charge in [-0.3, -0.25) is 9.55 Å². The van der Waals surface area contributed by atoms with Crippen LogP contribution in [0.5, 0.6) is 0 Å². The highest BCUT2D eigenvalue weighted by Gasteiger charge is 2.16. The second-order valence-corrected chi connectivity index (χ2v) is 6.91. The fraction of sp³-hybridized carbons (Fsp3) is 0.222. The molecule has 0 saturated heterocycles. The molecule has 0 fully saturated rings. The zero-order chi connectivity index (χ0) is 18.7. The topological polar surface area (TPSA) is 84.3 Å². The molecule has 1 N–H and O–H groups in total. The van der Waals surface area contributed by atoms with Gasteiger partial charge in [-0.15, -0.1) is 0 Å². The SMILES string of the molecule is CN(C)C(=O)n1cc(CCN[SH](=O)=O)c2ccc(-c3ccncc3)cc21. The highest BCUT2D eigenvalue weighted by molar-refractivity contribution is 7.70. The summed E-state index contributed by atoms with van der Waals surface area (Å²) in [5, 5.41) is 0.931. The Morgan fingerprint density at radius 3 is 2.54 bits per heavy atom. The van der Waals surface area contributed by atoms with Crippen LogP contribution < -0.4 is 4.72 Å². The van der Waals surface area contributed by atoms with E-state index in [0.29, 0.717) is 13.0 Å². The van der Waals surface area contributed by atoms with Crippen molar-refractivity contribution in [1.82, 2.24) is 19.2 Å². The van der Waals surface area contributed by atoms with Gasteiger partial charge in [0.1, 0.15) is 0 Å². The second-order valence-electron chi connectivity index (χ2n) is 6.08. The van der Waals surface area contributed by atoms with Gasteiger partial charge in [0.25, 0.3) is 0 Å². The summed E-state index contributed by atoms with van der Waals surface area (Å²) in [6.45, 7) is 0.292. The molecular weight excluding hydrogens is 352 g/mol. The number of hydrogen-bond donors (Lipinski definition) is 2. The van der Waals surface area contributed by atoms with Crippen LogP contribution in [0.25, 0.3) is 22.0 Å². The molecule has 0 saturated carbocycles. The molecule has 0 atom stereocenters. The lowest BCUT2D eigenvalue weighted by molar-refractivity contribution is 0.220. The van der Waals surface area contributed by atoms with Crippen LogP contribution in [0.1, 0.15) is 5.56 Å². The minimum atomic E-state index is -2.63. The first-order chi connectivity index (χ1) is 12.5. The van der Waals surface area contributed by atoms with Crippen molar-refractivity contribution in [2.24, 2.45) is 0 Å². The van der Waals surface area contributed by atoms with Crippen molar-refractivity contribution in [3.8, 4) is 11.1 Å². The number of nitrogens with one attached hydrogen (secondary N) is 1. The maximum atomic E-state index is 12.6. The summed E-state index contributed by atoms with van der Waals surface area (Å²) in [6.07, 6.45) is 5.74. The Hall–Kier alpha value is -2.71. The third-order valence-electron chi connectivity index (χ3n) is 4.13. The zero-order valence-electron chi connectivity index (χ0n) is 14.5. The molecule has 0 spiro atoms. The maximum absolute atomic E-state index is 12.6. The van der Waals surface area contributed by atoms with Crippen LogP contribution in [0.3, 0.4) is 0 Å².